The summed E-state index contributed by atoms with van der Waals surface area (Å²) < 4.78 is 0. The van der Waals surface area contributed by atoms with Crippen LogP contribution in [0.1, 0.15) is 26.2 Å². The average molecular weight is 122 g/mol. The van der Waals surface area contributed by atoms with E-state index in [1.54, 1.807) is 0 Å². The zero-order valence-electron chi connectivity index (χ0n) is 6.01. The van der Waals surface area contributed by atoms with Crippen molar-refractivity contribution >= 4 is 0 Å². The van der Waals surface area contributed by atoms with E-state index in [0.717, 1.165) is 17.8 Å². The lowest BCUT2D eigenvalue weighted by Crippen LogP contribution is -2.12. The molecule has 2 rings (SSSR count). The third-order valence-corrected chi connectivity index (χ3v) is 3.11. The molecule has 2 aliphatic carbocycles. The largest absolute Gasteiger partial charge is 0.0880 e. The summed E-state index contributed by atoms with van der Waals surface area (Å²) in [4.78, 5) is 0. The van der Waals surface area contributed by atoms with Gasteiger partial charge in [-0.2, -0.15) is 0 Å². The molecule has 1 fully saturated rings. The summed E-state index contributed by atoms with van der Waals surface area (Å²) in [6, 6.07) is 0. The van der Waals surface area contributed by atoms with Gasteiger partial charge in [0.2, 0.25) is 0 Å². The zero-order chi connectivity index (χ0) is 6.27. The summed E-state index contributed by atoms with van der Waals surface area (Å²) in [5.41, 5.74) is 0. The third kappa shape index (κ3) is 0.726. The molecular formula is C9H14. The normalized spacial score (nSPS) is 47.9. The molecule has 3 atom stereocenters. The Kier molecular flexibility index (Phi) is 1.14. The van der Waals surface area contributed by atoms with E-state index in [2.05, 4.69) is 19.1 Å². The van der Waals surface area contributed by atoms with Gasteiger partial charge in [-0.05, 0) is 37.0 Å². The summed E-state index contributed by atoms with van der Waals surface area (Å²) in [5.74, 6) is 2.98. The zero-order valence-corrected chi connectivity index (χ0v) is 6.01. The number of fused-ring (bicyclic) bond motifs is 2. The molecule has 0 heteroatoms. The highest BCUT2D eigenvalue weighted by atomic mass is 14.4. The summed E-state index contributed by atoms with van der Waals surface area (Å²) in [5, 5.41) is 0. The smallest absolute Gasteiger partial charge is 0.0205 e. The van der Waals surface area contributed by atoms with Crippen molar-refractivity contribution in [3.8, 4) is 0 Å². The molecule has 0 N–H and O–H groups in total. The predicted molar refractivity (Wildman–Crippen MR) is 39.1 cm³/mol. The fourth-order valence-corrected chi connectivity index (χ4v) is 2.31. The molecule has 9 heavy (non-hydrogen) atoms. The van der Waals surface area contributed by atoms with Crippen LogP contribution in [0.2, 0.25) is 0 Å². The van der Waals surface area contributed by atoms with Crippen LogP contribution in [0, 0.1) is 17.8 Å². The molecule has 2 unspecified atom stereocenters. The summed E-state index contributed by atoms with van der Waals surface area (Å²) in [7, 11) is 0. The molecule has 2 aliphatic rings. The third-order valence-electron chi connectivity index (χ3n) is 3.11. The summed E-state index contributed by atoms with van der Waals surface area (Å²) >= 11 is 0. The van der Waals surface area contributed by atoms with Crippen LogP contribution in [0.5, 0.6) is 0 Å². The lowest BCUT2D eigenvalue weighted by molar-refractivity contribution is 0.365. The number of rotatable bonds is 0. The first-order chi connectivity index (χ1) is 4.38. The van der Waals surface area contributed by atoms with E-state index in [1.165, 1.54) is 19.3 Å². The standard InChI is InChI=1S/C9H14/c1-7-8-3-2-4-9(7)6-5-8/h2-3,7-9H,4-6H2,1H3/t7?,8-,9?/m1/s1. The van der Waals surface area contributed by atoms with Gasteiger partial charge in [-0.25, -0.2) is 0 Å². The van der Waals surface area contributed by atoms with Crippen LogP contribution in [-0.2, 0) is 0 Å². The Labute approximate surface area is 57.0 Å². The number of hydrogen-bond acceptors (Lipinski definition) is 0. The van der Waals surface area contributed by atoms with Gasteiger partial charge in [0.15, 0.2) is 0 Å². The Balaban J connectivity index is 2.22. The van der Waals surface area contributed by atoms with Crippen LogP contribution >= 0.6 is 0 Å². The second kappa shape index (κ2) is 1.86. The first kappa shape index (κ1) is 5.52. The summed E-state index contributed by atoms with van der Waals surface area (Å²) in [6.45, 7) is 2.41. The van der Waals surface area contributed by atoms with Gasteiger partial charge in [-0.15, -0.1) is 0 Å². The maximum atomic E-state index is 2.42. The molecule has 1 saturated carbocycles. The Bertz CT molecular complexity index is 135. The topological polar surface area (TPSA) is 0 Å². The Morgan fingerprint density at radius 2 is 2.22 bits per heavy atom. The van der Waals surface area contributed by atoms with Crippen molar-refractivity contribution in [1.82, 2.24) is 0 Å². The molecule has 0 spiro atoms. The molecule has 0 radical (unpaired) electrons. The van der Waals surface area contributed by atoms with Crippen molar-refractivity contribution in [1.29, 1.82) is 0 Å². The highest BCUT2D eigenvalue weighted by Gasteiger charge is 2.32. The van der Waals surface area contributed by atoms with Crippen LogP contribution in [0.3, 0.4) is 0 Å². The van der Waals surface area contributed by atoms with Gasteiger partial charge in [0.1, 0.15) is 0 Å². The minimum atomic E-state index is 0.948. The first-order valence-electron chi connectivity index (χ1n) is 4.04. The molecule has 0 aromatic carbocycles. The van der Waals surface area contributed by atoms with Gasteiger partial charge in [0.25, 0.3) is 0 Å². The van der Waals surface area contributed by atoms with Crippen LogP contribution in [-0.4, -0.2) is 0 Å². The van der Waals surface area contributed by atoms with E-state index in [0.29, 0.717) is 0 Å². The molecule has 0 aliphatic heterocycles. The Morgan fingerprint density at radius 3 is 2.89 bits per heavy atom. The minimum Gasteiger partial charge on any atom is -0.0880 e. The maximum absolute atomic E-state index is 2.42. The fourth-order valence-electron chi connectivity index (χ4n) is 2.31. The van der Waals surface area contributed by atoms with E-state index in [1.807, 2.05) is 0 Å². The van der Waals surface area contributed by atoms with Crippen molar-refractivity contribution in [2.75, 3.05) is 0 Å². The average Bonchev–Trinajstić information content (AvgIpc) is 2.19. The van der Waals surface area contributed by atoms with Crippen LogP contribution in [0.25, 0.3) is 0 Å². The molecular weight excluding hydrogens is 108 g/mol. The molecule has 0 aromatic rings. The van der Waals surface area contributed by atoms with Crippen molar-refractivity contribution < 1.29 is 0 Å². The van der Waals surface area contributed by atoms with Gasteiger partial charge in [0, 0.05) is 0 Å². The number of allylic oxidation sites excluding steroid dienone is 2. The van der Waals surface area contributed by atoms with E-state index >= 15 is 0 Å². The SMILES string of the molecule is CC1C2CC=C[C@@H]1CC2. The molecule has 0 saturated heterocycles. The van der Waals surface area contributed by atoms with E-state index in [9.17, 15) is 0 Å². The van der Waals surface area contributed by atoms with Crippen LogP contribution in [0.4, 0.5) is 0 Å². The molecule has 0 nitrogen and oxygen atoms in total. The molecule has 50 valence electrons. The lowest BCUT2D eigenvalue weighted by Gasteiger charge is -2.20. The second-order valence-electron chi connectivity index (χ2n) is 3.52. The molecule has 0 aromatic heterocycles. The van der Waals surface area contributed by atoms with Crippen molar-refractivity contribution in [3.63, 3.8) is 0 Å². The van der Waals surface area contributed by atoms with Gasteiger partial charge in [-0.3, -0.25) is 0 Å². The highest BCUT2D eigenvalue weighted by molar-refractivity contribution is 5.03. The summed E-state index contributed by atoms with van der Waals surface area (Å²) in [6.07, 6.45) is 9.11. The Hall–Kier alpha value is -0.260. The fraction of sp³-hybridized carbons (Fsp3) is 0.778. The van der Waals surface area contributed by atoms with E-state index in [4.69, 9.17) is 0 Å². The highest BCUT2D eigenvalue weighted by Crippen LogP contribution is 2.42. The van der Waals surface area contributed by atoms with Crippen LogP contribution in [0.15, 0.2) is 12.2 Å². The van der Waals surface area contributed by atoms with Crippen LogP contribution < -0.4 is 0 Å². The van der Waals surface area contributed by atoms with Crippen molar-refractivity contribution in [2.45, 2.75) is 26.2 Å². The lowest BCUT2D eigenvalue weighted by atomic mass is 9.85. The second-order valence-corrected chi connectivity index (χ2v) is 3.52. The molecule has 2 bridgehead atoms. The van der Waals surface area contributed by atoms with Crippen molar-refractivity contribution in [2.24, 2.45) is 17.8 Å². The van der Waals surface area contributed by atoms with Gasteiger partial charge in [-0.1, -0.05) is 19.1 Å². The Morgan fingerprint density at radius 1 is 1.33 bits per heavy atom. The monoisotopic (exact) mass is 122 g/mol. The quantitative estimate of drug-likeness (QED) is 0.433. The van der Waals surface area contributed by atoms with E-state index < -0.39 is 0 Å². The minimum absolute atomic E-state index is 0.948. The van der Waals surface area contributed by atoms with Gasteiger partial charge >= 0.3 is 0 Å². The molecule has 0 heterocycles. The van der Waals surface area contributed by atoms with Gasteiger partial charge < -0.3 is 0 Å². The maximum Gasteiger partial charge on any atom is -0.0205 e. The molecule has 0 amide bonds. The van der Waals surface area contributed by atoms with Gasteiger partial charge in [0.05, 0.1) is 0 Å². The van der Waals surface area contributed by atoms with E-state index in [-0.39, 0.29) is 0 Å². The number of hydrogen-bond donors (Lipinski definition) is 0. The first-order valence-corrected chi connectivity index (χ1v) is 4.04. The predicted octanol–water partition coefficient (Wildman–Crippen LogP) is 2.61. The van der Waals surface area contributed by atoms with Crippen molar-refractivity contribution in [3.05, 3.63) is 12.2 Å².